The molecule has 0 amide bonds. The van der Waals surface area contributed by atoms with E-state index in [2.05, 4.69) is 34.6 Å². The van der Waals surface area contributed by atoms with Crippen molar-refractivity contribution in [2.24, 2.45) is 0 Å². The molecule has 0 aromatic carbocycles. The number of rotatable bonds is 7. The van der Waals surface area contributed by atoms with Gasteiger partial charge in [-0.1, -0.05) is 19.3 Å². The highest BCUT2D eigenvalue weighted by Crippen LogP contribution is 2.21. The molecule has 1 N–H and O–H groups in total. The predicted molar refractivity (Wildman–Crippen MR) is 82.7 cm³/mol. The van der Waals surface area contributed by atoms with E-state index >= 15 is 0 Å². The van der Waals surface area contributed by atoms with Gasteiger partial charge in [0.1, 0.15) is 0 Å². The van der Waals surface area contributed by atoms with Crippen LogP contribution in [0.4, 0.5) is 0 Å². The molecule has 0 atom stereocenters. The average Bonchev–Trinajstić information content (AvgIpc) is 2.85. The van der Waals surface area contributed by atoms with Crippen LogP contribution in [0.5, 0.6) is 0 Å². The lowest BCUT2D eigenvalue weighted by Crippen LogP contribution is -2.35. The van der Waals surface area contributed by atoms with Crippen molar-refractivity contribution in [1.29, 1.82) is 0 Å². The Balaban J connectivity index is 1.53. The summed E-state index contributed by atoms with van der Waals surface area (Å²) in [6.07, 6.45) is 8.34. The van der Waals surface area contributed by atoms with Gasteiger partial charge in [0.05, 0.1) is 10.7 Å². The highest BCUT2D eigenvalue weighted by molar-refractivity contribution is 7.09. The van der Waals surface area contributed by atoms with E-state index in [1.807, 2.05) is 0 Å². The second kappa shape index (κ2) is 7.98. The average molecular weight is 281 g/mol. The van der Waals surface area contributed by atoms with Crippen molar-refractivity contribution in [3.8, 4) is 0 Å². The Bertz CT molecular complexity index is 358. The van der Waals surface area contributed by atoms with E-state index in [0.29, 0.717) is 0 Å². The van der Waals surface area contributed by atoms with Gasteiger partial charge in [-0.2, -0.15) is 0 Å². The van der Waals surface area contributed by atoms with E-state index in [9.17, 15) is 0 Å². The van der Waals surface area contributed by atoms with Crippen molar-refractivity contribution in [1.82, 2.24) is 15.2 Å². The van der Waals surface area contributed by atoms with Gasteiger partial charge in [0, 0.05) is 18.0 Å². The SMILES string of the molecule is Cc1nc(CNCCCN(C)C2CCCCC2)cs1. The smallest absolute Gasteiger partial charge is 0.0897 e. The minimum Gasteiger partial charge on any atom is -0.311 e. The van der Waals surface area contributed by atoms with Crippen LogP contribution in [0, 0.1) is 6.92 Å². The summed E-state index contributed by atoms with van der Waals surface area (Å²) in [5, 5.41) is 6.80. The molecule has 1 saturated carbocycles. The standard InChI is InChI=1S/C15H27N3S/c1-13-17-14(12-19-13)11-16-9-6-10-18(2)15-7-4-3-5-8-15/h12,15-16H,3-11H2,1-2H3. The Labute approximate surface area is 121 Å². The fraction of sp³-hybridized carbons (Fsp3) is 0.800. The molecule has 4 heteroatoms. The minimum absolute atomic E-state index is 0.843. The third-order valence-corrected chi connectivity index (χ3v) is 4.86. The second-order valence-electron chi connectivity index (χ2n) is 5.66. The monoisotopic (exact) mass is 281 g/mol. The van der Waals surface area contributed by atoms with Crippen molar-refractivity contribution < 1.29 is 0 Å². The Morgan fingerprint density at radius 3 is 2.84 bits per heavy atom. The molecular formula is C15H27N3S. The van der Waals surface area contributed by atoms with Crippen LogP contribution >= 0.6 is 11.3 Å². The van der Waals surface area contributed by atoms with Gasteiger partial charge in [-0.3, -0.25) is 0 Å². The topological polar surface area (TPSA) is 28.2 Å². The lowest BCUT2D eigenvalue weighted by atomic mass is 9.94. The molecule has 0 unspecified atom stereocenters. The molecule has 108 valence electrons. The van der Waals surface area contributed by atoms with Crippen molar-refractivity contribution in [3.05, 3.63) is 16.1 Å². The van der Waals surface area contributed by atoms with E-state index in [1.54, 1.807) is 11.3 Å². The van der Waals surface area contributed by atoms with Gasteiger partial charge in [-0.25, -0.2) is 4.98 Å². The maximum Gasteiger partial charge on any atom is 0.0897 e. The van der Waals surface area contributed by atoms with E-state index in [0.717, 1.165) is 24.1 Å². The van der Waals surface area contributed by atoms with Crippen LogP contribution in [0.15, 0.2) is 5.38 Å². The molecule has 0 bridgehead atoms. The van der Waals surface area contributed by atoms with Crippen molar-refractivity contribution >= 4 is 11.3 Å². The third-order valence-electron chi connectivity index (χ3n) is 4.04. The van der Waals surface area contributed by atoms with Crippen LogP contribution in [0.1, 0.15) is 49.2 Å². The first-order valence-corrected chi connectivity index (χ1v) is 8.45. The normalized spacial score (nSPS) is 17.2. The fourth-order valence-corrected chi connectivity index (χ4v) is 3.48. The zero-order valence-electron chi connectivity index (χ0n) is 12.3. The molecule has 1 aliphatic rings. The summed E-state index contributed by atoms with van der Waals surface area (Å²) in [4.78, 5) is 7.03. The molecular weight excluding hydrogens is 254 g/mol. The van der Waals surface area contributed by atoms with Crippen LogP contribution in [-0.2, 0) is 6.54 Å². The first-order chi connectivity index (χ1) is 9.25. The molecule has 0 spiro atoms. The van der Waals surface area contributed by atoms with Crippen LogP contribution in [0.3, 0.4) is 0 Å². The van der Waals surface area contributed by atoms with E-state index in [4.69, 9.17) is 0 Å². The molecule has 1 fully saturated rings. The van der Waals surface area contributed by atoms with Crippen LogP contribution < -0.4 is 5.32 Å². The van der Waals surface area contributed by atoms with Crippen LogP contribution in [0.2, 0.25) is 0 Å². The fourth-order valence-electron chi connectivity index (χ4n) is 2.86. The van der Waals surface area contributed by atoms with Crippen molar-refractivity contribution in [2.75, 3.05) is 20.1 Å². The molecule has 3 nitrogen and oxygen atoms in total. The number of thiazole rings is 1. The highest BCUT2D eigenvalue weighted by atomic mass is 32.1. The van der Waals surface area contributed by atoms with Gasteiger partial charge in [-0.05, 0) is 46.3 Å². The van der Waals surface area contributed by atoms with Crippen molar-refractivity contribution in [3.63, 3.8) is 0 Å². The quantitative estimate of drug-likeness (QED) is 0.778. The summed E-state index contributed by atoms with van der Waals surface area (Å²) in [6, 6.07) is 0.843. The largest absolute Gasteiger partial charge is 0.311 e. The third kappa shape index (κ3) is 5.21. The Morgan fingerprint density at radius 1 is 1.37 bits per heavy atom. The molecule has 1 aliphatic carbocycles. The maximum absolute atomic E-state index is 4.46. The number of nitrogens with zero attached hydrogens (tertiary/aromatic N) is 2. The molecule has 0 radical (unpaired) electrons. The molecule has 19 heavy (non-hydrogen) atoms. The summed E-state index contributed by atoms with van der Waals surface area (Å²) in [6.45, 7) is 5.28. The van der Waals surface area contributed by atoms with Gasteiger partial charge in [0.25, 0.3) is 0 Å². The molecule has 2 rings (SSSR count). The lowest BCUT2D eigenvalue weighted by Gasteiger charge is -2.31. The van der Waals surface area contributed by atoms with Gasteiger partial charge in [0.15, 0.2) is 0 Å². The minimum atomic E-state index is 0.843. The molecule has 1 aromatic heterocycles. The summed E-state index contributed by atoms with van der Waals surface area (Å²) < 4.78 is 0. The van der Waals surface area contributed by atoms with Crippen molar-refractivity contribution in [2.45, 2.75) is 58.0 Å². The molecule has 0 aliphatic heterocycles. The maximum atomic E-state index is 4.46. The number of aryl methyl sites for hydroxylation is 1. The Morgan fingerprint density at radius 2 is 2.16 bits per heavy atom. The molecule has 1 aromatic rings. The van der Waals surface area contributed by atoms with E-state index in [-0.39, 0.29) is 0 Å². The molecule has 1 heterocycles. The first kappa shape index (κ1) is 14.9. The molecule has 0 saturated heterocycles. The number of aromatic nitrogens is 1. The van der Waals surface area contributed by atoms with Gasteiger partial charge in [-0.15, -0.1) is 11.3 Å². The van der Waals surface area contributed by atoms with Gasteiger partial charge in [0.2, 0.25) is 0 Å². The zero-order chi connectivity index (χ0) is 13.5. The highest BCUT2D eigenvalue weighted by Gasteiger charge is 2.16. The summed E-state index contributed by atoms with van der Waals surface area (Å²) in [7, 11) is 2.29. The summed E-state index contributed by atoms with van der Waals surface area (Å²) >= 11 is 1.73. The number of nitrogens with one attached hydrogen (secondary N) is 1. The zero-order valence-corrected chi connectivity index (χ0v) is 13.1. The van der Waals surface area contributed by atoms with Gasteiger partial charge < -0.3 is 10.2 Å². The number of hydrogen-bond donors (Lipinski definition) is 1. The van der Waals surface area contributed by atoms with Crippen LogP contribution in [-0.4, -0.2) is 36.1 Å². The van der Waals surface area contributed by atoms with Gasteiger partial charge >= 0.3 is 0 Å². The predicted octanol–water partition coefficient (Wildman–Crippen LogP) is 3.20. The van der Waals surface area contributed by atoms with E-state index < -0.39 is 0 Å². The van der Waals surface area contributed by atoms with Crippen LogP contribution in [0.25, 0.3) is 0 Å². The number of hydrogen-bond acceptors (Lipinski definition) is 4. The van der Waals surface area contributed by atoms with E-state index in [1.165, 1.54) is 50.8 Å². The lowest BCUT2D eigenvalue weighted by molar-refractivity contribution is 0.189. The summed E-state index contributed by atoms with van der Waals surface area (Å²) in [5.41, 5.74) is 1.18. The first-order valence-electron chi connectivity index (χ1n) is 7.57. The Hall–Kier alpha value is -0.450. The summed E-state index contributed by atoms with van der Waals surface area (Å²) in [5.74, 6) is 0. The Kier molecular flexibility index (Phi) is 6.28. The second-order valence-corrected chi connectivity index (χ2v) is 6.72.